The van der Waals surface area contributed by atoms with E-state index in [9.17, 15) is 8.78 Å². The van der Waals surface area contributed by atoms with Gasteiger partial charge in [-0.2, -0.15) is 0 Å². The van der Waals surface area contributed by atoms with Gasteiger partial charge in [-0.05, 0) is 66.1 Å². The van der Waals surface area contributed by atoms with E-state index in [1.807, 2.05) is 0 Å². The van der Waals surface area contributed by atoms with Crippen molar-refractivity contribution in [1.82, 2.24) is 19.9 Å². The molecular weight excluding hydrogens is 374 g/mol. The fourth-order valence-electron chi connectivity index (χ4n) is 2.88. The van der Waals surface area contributed by atoms with Gasteiger partial charge in [0.05, 0.1) is 23.8 Å². The normalized spacial score (nSPS) is 10.8. The van der Waals surface area contributed by atoms with Crippen molar-refractivity contribution in [2.24, 2.45) is 0 Å². The lowest BCUT2D eigenvalue weighted by Crippen LogP contribution is -2.10. The van der Waals surface area contributed by atoms with Crippen LogP contribution >= 0.6 is 0 Å². The SMILES string of the molecule is Fc1ccc(-c2cnc(NCCCNc3ncc(-c4ccc(F)cc4)[nH]3)[nH]2)cc1. The molecule has 0 unspecified atom stereocenters. The van der Waals surface area contributed by atoms with E-state index in [0.29, 0.717) is 11.9 Å². The molecule has 0 aliphatic carbocycles. The second-order valence-electron chi connectivity index (χ2n) is 6.51. The lowest BCUT2D eigenvalue weighted by Gasteiger charge is -2.04. The van der Waals surface area contributed by atoms with Gasteiger partial charge in [0.2, 0.25) is 11.9 Å². The number of imidazole rings is 2. The van der Waals surface area contributed by atoms with Gasteiger partial charge in [-0.3, -0.25) is 0 Å². The van der Waals surface area contributed by atoms with Crippen LogP contribution in [-0.2, 0) is 0 Å². The van der Waals surface area contributed by atoms with Gasteiger partial charge >= 0.3 is 0 Å². The molecule has 0 amide bonds. The predicted octanol–water partition coefficient (Wildman–Crippen LogP) is 4.66. The highest BCUT2D eigenvalue weighted by Gasteiger charge is 2.05. The van der Waals surface area contributed by atoms with Crippen molar-refractivity contribution in [3.05, 3.63) is 72.6 Å². The van der Waals surface area contributed by atoms with Gasteiger partial charge in [0.1, 0.15) is 11.6 Å². The summed E-state index contributed by atoms with van der Waals surface area (Å²) in [6.45, 7) is 1.43. The number of rotatable bonds is 8. The smallest absolute Gasteiger partial charge is 0.200 e. The lowest BCUT2D eigenvalue weighted by atomic mass is 10.2. The molecule has 4 N–H and O–H groups in total. The number of benzene rings is 2. The van der Waals surface area contributed by atoms with E-state index in [-0.39, 0.29) is 11.6 Å². The van der Waals surface area contributed by atoms with Crippen molar-refractivity contribution < 1.29 is 8.78 Å². The average molecular weight is 394 g/mol. The van der Waals surface area contributed by atoms with E-state index < -0.39 is 0 Å². The van der Waals surface area contributed by atoms with Gasteiger partial charge in [0, 0.05) is 13.1 Å². The number of halogens is 2. The van der Waals surface area contributed by atoms with Crippen molar-refractivity contribution in [3.8, 4) is 22.5 Å². The number of H-pyrrole nitrogens is 2. The summed E-state index contributed by atoms with van der Waals surface area (Å²) < 4.78 is 26.0. The van der Waals surface area contributed by atoms with Crippen molar-refractivity contribution >= 4 is 11.9 Å². The Hall–Kier alpha value is -3.68. The Balaban J connectivity index is 1.22. The van der Waals surface area contributed by atoms with Crippen LogP contribution in [0, 0.1) is 11.6 Å². The molecule has 6 nitrogen and oxygen atoms in total. The molecule has 29 heavy (non-hydrogen) atoms. The molecule has 4 aromatic rings. The number of aromatic nitrogens is 4. The first-order chi connectivity index (χ1) is 14.2. The van der Waals surface area contributed by atoms with Crippen molar-refractivity contribution in [1.29, 1.82) is 0 Å². The second kappa shape index (κ2) is 8.55. The van der Waals surface area contributed by atoms with Crippen molar-refractivity contribution in [2.75, 3.05) is 23.7 Å². The summed E-state index contributed by atoms with van der Waals surface area (Å²) in [4.78, 5) is 14.9. The van der Waals surface area contributed by atoms with Crippen LogP contribution in [0.2, 0.25) is 0 Å². The largest absolute Gasteiger partial charge is 0.356 e. The molecule has 2 heterocycles. The van der Waals surface area contributed by atoms with Crippen molar-refractivity contribution in [3.63, 3.8) is 0 Å². The van der Waals surface area contributed by atoms with Crippen LogP contribution in [0.25, 0.3) is 22.5 Å². The summed E-state index contributed by atoms with van der Waals surface area (Å²) in [6.07, 6.45) is 4.28. The first-order valence-electron chi connectivity index (χ1n) is 9.27. The minimum atomic E-state index is -0.263. The molecular formula is C21H20F2N6. The lowest BCUT2D eigenvalue weighted by molar-refractivity contribution is 0.627. The first kappa shape index (κ1) is 18.7. The van der Waals surface area contributed by atoms with Crippen LogP contribution in [0.4, 0.5) is 20.7 Å². The minimum Gasteiger partial charge on any atom is -0.356 e. The standard InChI is InChI=1S/C21H20F2N6/c22-16-6-2-14(3-7-16)18-12-26-20(28-18)24-10-1-11-25-21-27-13-19(29-21)15-4-8-17(23)9-5-15/h2-9,12-13H,1,10-11H2,(H2,24,26,28)(H2,25,27,29). The number of hydrogen-bond donors (Lipinski definition) is 4. The Bertz CT molecular complexity index is 968. The fraction of sp³-hybridized carbons (Fsp3) is 0.143. The second-order valence-corrected chi connectivity index (χ2v) is 6.51. The van der Waals surface area contributed by atoms with Crippen LogP contribution in [0.5, 0.6) is 0 Å². The van der Waals surface area contributed by atoms with E-state index in [1.165, 1.54) is 24.3 Å². The Morgan fingerprint density at radius 2 is 1.07 bits per heavy atom. The predicted molar refractivity (Wildman–Crippen MR) is 110 cm³/mol. The van der Waals surface area contributed by atoms with E-state index in [0.717, 1.165) is 42.0 Å². The molecule has 0 spiro atoms. The summed E-state index contributed by atoms with van der Waals surface area (Å²) in [7, 11) is 0. The molecule has 0 saturated heterocycles. The summed E-state index contributed by atoms with van der Waals surface area (Å²) in [6, 6.07) is 12.5. The molecule has 2 aromatic carbocycles. The average Bonchev–Trinajstić information content (AvgIpc) is 3.39. The van der Waals surface area contributed by atoms with Crippen LogP contribution in [0.3, 0.4) is 0 Å². The molecule has 2 aromatic heterocycles. The van der Waals surface area contributed by atoms with E-state index in [1.54, 1.807) is 36.7 Å². The van der Waals surface area contributed by atoms with E-state index in [4.69, 9.17) is 0 Å². The topological polar surface area (TPSA) is 81.4 Å². The minimum absolute atomic E-state index is 0.263. The quantitative estimate of drug-likeness (QED) is 0.328. The summed E-state index contributed by atoms with van der Waals surface area (Å²) >= 11 is 0. The van der Waals surface area contributed by atoms with Crippen LogP contribution in [-0.4, -0.2) is 33.0 Å². The zero-order valence-corrected chi connectivity index (χ0v) is 15.5. The number of nitrogens with one attached hydrogen (secondary N) is 4. The highest BCUT2D eigenvalue weighted by molar-refractivity contribution is 5.61. The number of nitrogens with zero attached hydrogens (tertiary/aromatic N) is 2. The summed E-state index contributed by atoms with van der Waals surface area (Å²) in [5, 5.41) is 6.44. The molecule has 0 aliphatic rings. The molecule has 0 radical (unpaired) electrons. The van der Waals surface area contributed by atoms with Gasteiger partial charge in [-0.1, -0.05) is 0 Å². The Morgan fingerprint density at radius 3 is 1.48 bits per heavy atom. The molecule has 0 atom stereocenters. The molecule has 148 valence electrons. The Labute approximate surface area is 166 Å². The van der Waals surface area contributed by atoms with Gasteiger partial charge in [-0.15, -0.1) is 0 Å². The zero-order valence-electron chi connectivity index (χ0n) is 15.5. The monoisotopic (exact) mass is 394 g/mol. The number of aromatic amines is 2. The van der Waals surface area contributed by atoms with Crippen LogP contribution < -0.4 is 10.6 Å². The van der Waals surface area contributed by atoms with Crippen LogP contribution in [0.15, 0.2) is 60.9 Å². The maximum absolute atomic E-state index is 13.0. The molecule has 4 rings (SSSR count). The third-order valence-electron chi connectivity index (χ3n) is 4.40. The highest BCUT2D eigenvalue weighted by atomic mass is 19.1. The van der Waals surface area contributed by atoms with E-state index >= 15 is 0 Å². The third kappa shape index (κ3) is 4.78. The Morgan fingerprint density at radius 1 is 0.655 bits per heavy atom. The van der Waals surface area contributed by atoms with Crippen molar-refractivity contribution in [2.45, 2.75) is 6.42 Å². The molecule has 0 bridgehead atoms. The Kier molecular flexibility index (Phi) is 5.51. The van der Waals surface area contributed by atoms with Gasteiger partial charge < -0.3 is 20.6 Å². The highest BCUT2D eigenvalue weighted by Crippen LogP contribution is 2.20. The number of anilines is 2. The van der Waals surface area contributed by atoms with Gasteiger partial charge in [0.25, 0.3) is 0 Å². The first-order valence-corrected chi connectivity index (χ1v) is 9.27. The number of hydrogen-bond acceptors (Lipinski definition) is 4. The zero-order chi connectivity index (χ0) is 20.1. The fourth-order valence-corrected chi connectivity index (χ4v) is 2.88. The van der Waals surface area contributed by atoms with Gasteiger partial charge in [-0.25, -0.2) is 18.7 Å². The molecule has 0 saturated carbocycles. The molecule has 0 aliphatic heterocycles. The molecule has 8 heteroatoms. The van der Waals surface area contributed by atoms with Gasteiger partial charge in [0.15, 0.2) is 0 Å². The summed E-state index contributed by atoms with van der Waals surface area (Å²) in [5.41, 5.74) is 3.41. The third-order valence-corrected chi connectivity index (χ3v) is 4.40. The maximum atomic E-state index is 13.0. The maximum Gasteiger partial charge on any atom is 0.200 e. The summed E-state index contributed by atoms with van der Waals surface area (Å²) in [5.74, 6) is 0.808. The van der Waals surface area contributed by atoms with Crippen LogP contribution in [0.1, 0.15) is 6.42 Å². The molecule has 0 fully saturated rings. The van der Waals surface area contributed by atoms with E-state index in [2.05, 4.69) is 30.6 Å².